The van der Waals surface area contributed by atoms with Gasteiger partial charge in [0.25, 0.3) is 0 Å². The van der Waals surface area contributed by atoms with E-state index in [1.165, 1.54) is 0 Å². The minimum absolute atomic E-state index is 0.0207. The van der Waals surface area contributed by atoms with Crippen molar-refractivity contribution in [3.8, 4) is 0 Å². The lowest BCUT2D eigenvalue weighted by atomic mass is 10.0. The van der Waals surface area contributed by atoms with E-state index in [9.17, 15) is 24.9 Å². The third kappa shape index (κ3) is 5.19. The number of aliphatic hydroxyl groups is 1. The third-order valence-corrected chi connectivity index (χ3v) is 8.42. The van der Waals surface area contributed by atoms with Gasteiger partial charge in [0.15, 0.2) is 0 Å². The van der Waals surface area contributed by atoms with Gasteiger partial charge in [-0.1, -0.05) is 12.7 Å². The molecule has 0 saturated carbocycles. The van der Waals surface area contributed by atoms with E-state index in [4.69, 9.17) is 0 Å². The number of aromatic amines is 4. The first-order chi connectivity index (χ1) is 20.0. The molecule has 1 aliphatic heterocycles. The second-order valence-corrected chi connectivity index (χ2v) is 10.9. The van der Waals surface area contributed by atoms with Crippen LogP contribution in [0.2, 0.25) is 0 Å². The van der Waals surface area contributed by atoms with Gasteiger partial charge in [-0.15, -0.1) is 0 Å². The van der Waals surface area contributed by atoms with E-state index in [0.29, 0.717) is 12.8 Å². The van der Waals surface area contributed by atoms with Crippen LogP contribution in [0.4, 0.5) is 0 Å². The van der Waals surface area contributed by atoms with Crippen LogP contribution in [0.5, 0.6) is 0 Å². The van der Waals surface area contributed by atoms with Crippen molar-refractivity contribution in [3.63, 3.8) is 0 Å². The molecule has 0 radical (unpaired) electrons. The highest BCUT2D eigenvalue weighted by molar-refractivity contribution is 5.72. The Morgan fingerprint density at radius 2 is 1.12 bits per heavy atom. The number of carboxylic acids is 2. The monoisotopic (exact) mass is 568 g/mol. The van der Waals surface area contributed by atoms with Gasteiger partial charge in [-0.25, -0.2) is 0 Å². The first kappa shape index (κ1) is 28.8. The summed E-state index contributed by atoms with van der Waals surface area (Å²) in [5, 5.41) is 32.4. The Morgan fingerprint density at radius 3 is 1.71 bits per heavy atom. The highest BCUT2D eigenvalue weighted by atomic mass is 16.4. The fourth-order valence-corrected chi connectivity index (χ4v) is 5.90. The molecule has 0 spiro atoms. The standard InChI is InChI=1S/C33H36N4O5/c1-6-20-16(2)24-11-25-17(3)21(7-9-32(39)40)29(35-25)14-30-22(8-10-33(41)42)18(4)26(36-30)13-31-23(15-38)19(5)27(37-31)12-28(20)34-24/h6,11-14,34-38H,1,7-10,15H2,2-5H3,(H,39,40)(H,41,42). The van der Waals surface area contributed by atoms with Crippen LogP contribution in [0.25, 0.3) is 30.4 Å². The molecule has 42 heavy (non-hydrogen) atoms. The average Bonchev–Trinajstić information content (AvgIpc) is 3.59. The van der Waals surface area contributed by atoms with E-state index in [0.717, 1.165) is 88.7 Å². The van der Waals surface area contributed by atoms with Crippen LogP contribution in [0.1, 0.15) is 80.1 Å². The largest absolute Gasteiger partial charge is 0.481 e. The molecular formula is C33H36N4O5. The quantitative estimate of drug-likeness (QED) is 0.152. The third-order valence-electron chi connectivity index (χ3n) is 8.42. The smallest absolute Gasteiger partial charge is 0.303 e. The van der Waals surface area contributed by atoms with E-state index >= 15 is 0 Å². The summed E-state index contributed by atoms with van der Waals surface area (Å²) in [6.07, 6.45) is 10.4. The predicted octanol–water partition coefficient (Wildman–Crippen LogP) is 2.03. The van der Waals surface area contributed by atoms with Crippen molar-refractivity contribution in [2.75, 3.05) is 0 Å². The molecule has 8 bridgehead atoms. The van der Waals surface area contributed by atoms with Crippen LogP contribution in [0.15, 0.2) is 6.58 Å². The minimum Gasteiger partial charge on any atom is -0.481 e. The highest BCUT2D eigenvalue weighted by Crippen LogP contribution is 2.23. The van der Waals surface area contributed by atoms with Crippen molar-refractivity contribution in [2.24, 2.45) is 0 Å². The van der Waals surface area contributed by atoms with Crippen LogP contribution in [-0.4, -0.2) is 47.2 Å². The number of hydrogen-bond donors (Lipinski definition) is 7. The fourth-order valence-electron chi connectivity index (χ4n) is 5.90. The molecule has 4 aromatic heterocycles. The molecule has 0 aromatic carbocycles. The highest BCUT2D eigenvalue weighted by Gasteiger charge is 2.17. The van der Waals surface area contributed by atoms with Crippen molar-refractivity contribution in [1.82, 2.24) is 19.9 Å². The van der Waals surface area contributed by atoms with Gasteiger partial charge in [0.1, 0.15) is 0 Å². The van der Waals surface area contributed by atoms with Crippen LogP contribution < -0.4 is 21.4 Å². The van der Waals surface area contributed by atoms with E-state index in [1.54, 1.807) is 0 Å². The SMILES string of the molecule is C=Cc1c2[nH]c(c1C)C=c1[nH]c(c(CCC(=O)O)c1C)=Cc1[nH]c(c(C)c1CCC(=O)O)C=c1[nH]c(c(C)c1CO)=C2. The van der Waals surface area contributed by atoms with E-state index in [2.05, 4.69) is 26.5 Å². The van der Waals surface area contributed by atoms with E-state index in [-0.39, 0.29) is 19.4 Å². The Bertz CT molecular complexity index is 1990. The zero-order valence-electron chi connectivity index (χ0n) is 24.3. The van der Waals surface area contributed by atoms with Crippen molar-refractivity contribution >= 4 is 42.3 Å². The van der Waals surface area contributed by atoms with Gasteiger partial charge in [-0.05, 0) is 98.2 Å². The first-order valence-corrected chi connectivity index (χ1v) is 13.9. The van der Waals surface area contributed by atoms with Gasteiger partial charge in [-0.2, -0.15) is 0 Å². The summed E-state index contributed by atoms with van der Waals surface area (Å²) in [7, 11) is 0. The van der Waals surface area contributed by atoms with Crippen molar-refractivity contribution in [3.05, 3.63) is 95.3 Å². The number of hydrogen-bond acceptors (Lipinski definition) is 3. The fraction of sp³-hybridized carbons (Fsp3) is 0.273. The summed E-state index contributed by atoms with van der Waals surface area (Å²) in [5.41, 5.74) is 10.6. The average molecular weight is 569 g/mol. The summed E-state index contributed by atoms with van der Waals surface area (Å²) in [4.78, 5) is 37.0. The first-order valence-electron chi connectivity index (χ1n) is 13.9. The summed E-state index contributed by atoms with van der Waals surface area (Å²) in [6.45, 7) is 11.8. The molecule has 0 fully saturated rings. The molecule has 218 valence electrons. The zero-order valence-corrected chi connectivity index (χ0v) is 24.3. The van der Waals surface area contributed by atoms with Crippen LogP contribution in [-0.2, 0) is 29.0 Å². The van der Waals surface area contributed by atoms with Crippen molar-refractivity contribution < 1.29 is 24.9 Å². The molecule has 0 amide bonds. The number of fused-ring (bicyclic) bond motifs is 8. The molecule has 9 nitrogen and oxygen atoms in total. The normalized spacial score (nSPS) is 12.2. The van der Waals surface area contributed by atoms with Gasteiger partial charge in [0.05, 0.1) is 6.61 Å². The zero-order chi connectivity index (χ0) is 30.3. The summed E-state index contributed by atoms with van der Waals surface area (Å²) in [6, 6.07) is 0. The van der Waals surface area contributed by atoms with Gasteiger partial charge in [-0.3, -0.25) is 9.59 Å². The second kappa shape index (κ2) is 11.3. The number of aliphatic hydroxyl groups excluding tert-OH is 1. The van der Waals surface area contributed by atoms with Gasteiger partial charge >= 0.3 is 11.9 Å². The van der Waals surface area contributed by atoms with Crippen molar-refractivity contribution in [2.45, 2.75) is 60.0 Å². The Balaban J connectivity index is 1.91. The summed E-state index contributed by atoms with van der Waals surface area (Å²) in [5.74, 6) is -1.77. The lowest BCUT2D eigenvalue weighted by molar-refractivity contribution is -0.138. The molecule has 4 aromatic rings. The van der Waals surface area contributed by atoms with Gasteiger partial charge in [0.2, 0.25) is 0 Å². The molecule has 5 rings (SSSR count). The van der Waals surface area contributed by atoms with Crippen LogP contribution >= 0.6 is 0 Å². The Kier molecular flexibility index (Phi) is 7.71. The lowest BCUT2D eigenvalue weighted by Gasteiger charge is -2.01. The van der Waals surface area contributed by atoms with E-state index in [1.807, 2.05) is 58.1 Å². The maximum Gasteiger partial charge on any atom is 0.303 e. The number of carbonyl (C=O) groups is 2. The maximum absolute atomic E-state index is 11.5. The molecule has 9 heteroatoms. The molecule has 0 aliphatic carbocycles. The molecule has 5 heterocycles. The molecule has 1 aliphatic rings. The Morgan fingerprint density at radius 1 is 0.643 bits per heavy atom. The number of rotatable bonds is 8. The maximum atomic E-state index is 11.5. The number of nitrogens with one attached hydrogen (secondary N) is 4. The lowest BCUT2D eigenvalue weighted by Crippen LogP contribution is -2.14. The number of aromatic nitrogens is 4. The van der Waals surface area contributed by atoms with Gasteiger partial charge in [0, 0.05) is 68.1 Å². The molecule has 7 N–H and O–H groups in total. The second-order valence-electron chi connectivity index (χ2n) is 10.9. The van der Waals surface area contributed by atoms with Crippen molar-refractivity contribution in [1.29, 1.82) is 0 Å². The predicted molar refractivity (Wildman–Crippen MR) is 163 cm³/mol. The number of aliphatic carboxylic acids is 2. The topological polar surface area (TPSA) is 158 Å². The molecular weight excluding hydrogens is 532 g/mol. The number of carboxylic acid groups (broad SMARTS) is 2. The summed E-state index contributed by atoms with van der Waals surface area (Å²) >= 11 is 0. The molecule has 0 atom stereocenters. The summed E-state index contributed by atoms with van der Waals surface area (Å²) < 4.78 is 0. The molecule has 0 unspecified atom stereocenters. The van der Waals surface area contributed by atoms with E-state index < -0.39 is 11.9 Å². The molecule has 0 saturated heterocycles. The van der Waals surface area contributed by atoms with Crippen LogP contribution in [0, 0.1) is 27.7 Å². The van der Waals surface area contributed by atoms with Gasteiger partial charge < -0.3 is 35.3 Å². The van der Waals surface area contributed by atoms with Crippen LogP contribution in [0.3, 0.4) is 0 Å². The number of H-pyrrole nitrogens is 4. The Hall–Kier alpha value is -4.76. The minimum atomic E-state index is -0.887. The Labute approximate surface area is 242 Å².